The summed E-state index contributed by atoms with van der Waals surface area (Å²) in [6.07, 6.45) is -13.8. The number of thioether (sulfide) groups is 2. The molecule has 0 fully saturated rings. The van der Waals surface area contributed by atoms with E-state index in [-0.39, 0.29) is 29.3 Å². The van der Waals surface area contributed by atoms with Crippen molar-refractivity contribution in [2.24, 2.45) is 5.92 Å². The number of hydrogen-bond donors (Lipinski definition) is 10. The van der Waals surface area contributed by atoms with E-state index in [1.807, 2.05) is 13.8 Å². The lowest BCUT2D eigenvalue weighted by Gasteiger charge is -2.33. The van der Waals surface area contributed by atoms with E-state index in [9.17, 15) is 50.4 Å². The lowest BCUT2D eigenvalue weighted by atomic mass is 10.0. The van der Waals surface area contributed by atoms with Gasteiger partial charge in [0, 0.05) is 44.0 Å². The van der Waals surface area contributed by atoms with Gasteiger partial charge in [-0.2, -0.15) is 0 Å². The quantitative estimate of drug-likeness (QED) is 0.0624. The van der Waals surface area contributed by atoms with Gasteiger partial charge in [-0.3, -0.25) is 14.5 Å². The maximum Gasteiger partial charge on any atom is 0.192 e. The fraction of sp³-hybridized carbons (Fsp3) is 0.724. The van der Waals surface area contributed by atoms with Crippen molar-refractivity contribution in [3.8, 4) is 5.75 Å². The highest BCUT2D eigenvalue weighted by molar-refractivity contribution is 8.13. The van der Waals surface area contributed by atoms with Crippen molar-refractivity contribution in [2.45, 2.75) is 87.5 Å². The van der Waals surface area contributed by atoms with Gasteiger partial charge in [-0.1, -0.05) is 43.4 Å². The third-order valence-corrected chi connectivity index (χ3v) is 9.22. The fourth-order valence-corrected chi connectivity index (χ4v) is 5.68. The minimum absolute atomic E-state index is 0.0383. The molecule has 9 atom stereocenters. The standard InChI is InChI=1S/C29H49NO13S2/c1-4-16(2)29(42)45-15-19-9-20(6-5-18(19)14-44-17(3)33)43-8-7-30(10-21(34)25(38)27(40)23(36)12-31)11-22(35)26(39)28(41)24(37)13-32/h5-6,9,16,21-28,31-32,34-41H,4,7-8,10-15H2,1-3H3/t16?,21-,22-,23+,24+,25+,26+,27+,28+/m0/s1. The monoisotopic (exact) mass is 683 g/mol. The maximum atomic E-state index is 12.4. The summed E-state index contributed by atoms with van der Waals surface area (Å²) in [5.41, 5.74) is 1.65. The van der Waals surface area contributed by atoms with Crippen LogP contribution in [0, 0.1) is 5.92 Å². The van der Waals surface area contributed by atoms with E-state index >= 15 is 0 Å². The van der Waals surface area contributed by atoms with E-state index in [1.165, 1.54) is 23.6 Å². The van der Waals surface area contributed by atoms with Gasteiger partial charge in [0.2, 0.25) is 0 Å². The summed E-state index contributed by atoms with van der Waals surface area (Å²) in [7, 11) is 0. The predicted molar refractivity (Wildman–Crippen MR) is 168 cm³/mol. The first-order valence-corrected chi connectivity index (χ1v) is 16.6. The Bertz CT molecular complexity index is 992. The number of carbonyl (C=O) groups is 2. The zero-order valence-electron chi connectivity index (χ0n) is 25.8. The van der Waals surface area contributed by atoms with Gasteiger partial charge in [-0.15, -0.1) is 0 Å². The molecule has 45 heavy (non-hydrogen) atoms. The average molecular weight is 684 g/mol. The first-order valence-electron chi connectivity index (χ1n) is 14.6. The summed E-state index contributed by atoms with van der Waals surface area (Å²) in [6.45, 7) is 2.53. The maximum absolute atomic E-state index is 12.4. The number of benzene rings is 1. The van der Waals surface area contributed by atoms with Gasteiger partial charge in [0.15, 0.2) is 10.2 Å². The van der Waals surface area contributed by atoms with E-state index in [4.69, 9.17) is 14.9 Å². The highest BCUT2D eigenvalue weighted by atomic mass is 32.2. The number of rotatable bonds is 22. The summed E-state index contributed by atoms with van der Waals surface area (Å²) in [5.74, 6) is 1.07. The third-order valence-electron chi connectivity index (χ3n) is 7.21. The molecule has 0 aliphatic carbocycles. The summed E-state index contributed by atoms with van der Waals surface area (Å²) in [5, 5.41) is 98.8. The van der Waals surface area contributed by atoms with Crippen LogP contribution in [0.15, 0.2) is 18.2 Å². The summed E-state index contributed by atoms with van der Waals surface area (Å²) in [4.78, 5) is 25.3. The van der Waals surface area contributed by atoms with E-state index < -0.39 is 75.1 Å². The van der Waals surface area contributed by atoms with Crippen molar-refractivity contribution in [3.63, 3.8) is 0 Å². The third kappa shape index (κ3) is 14.5. The van der Waals surface area contributed by atoms with Crippen LogP contribution in [0.5, 0.6) is 5.75 Å². The summed E-state index contributed by atoms with van der Waals surface area (Å²) >= 11 is 2.30. The lowest BCUT2D eigenvalue weighted by molar-refractivity contribution is -0.130. The minimum atomic E-state index is -1.90. The first-order chi connectivity index (χ1) is 21.2. The molecule has 0 aromatic heterocycles. The van der Waals surface area contributed by atoms with Crippen molar-refractivity contribution < 1.29 is 65.4 Å². The molecule has 0 saturated carbocycles. The van der Waals surface area contributed by atoms with Crippen LogP contribution in [0.25, 0.3) is 0 Å². The van der Waals surface area contributed by atoms with Crippen molar-refractivity contribution in [3.05, 3.63) is 29.3 Å². The van der Waals surface area contributed by atoms with Crippen molar-refractivity contribution in [1.82, 2.24) is 4.90 Å². The normalized spacial score (nSPS) is 18.0. The Labute approximate surface area is 271 Å². The SMILES string of the molecule is CCC(C)C(=O)SCc1cc(OCCN(C[C@H](O)[C@@H](O)[C@H](O)[C@H](O)CO)C[C@H](O)[C@@H](O)[C@H](O)[C@H](O)CO)ccc1CSC(C)=O. The largest absolute Gasteiger partial charge is 0.492 e. The second kappa shape index (κ2) is 21.5. The van der Waals surface area contributed by atoms with Gasteiger partial charge in [-0.25, -0.2) is 0 Å². The van der Waals surface area contributed by atoms with Crippen LogP contribution in [-0.2, 0) is 21.1 Å². The molecule has 0 bridgehead atoms. The molecule has 1 aromatic rings. The summed E-state index contributed by atoms with van der Waals surface area (Å²) < 4.78 is 5.88. The van der Waals surface area contributed by atoms with E-state index in [2.05, 4.69) is 0 Å². The Kier molecular flexibility index (Phi) is 19.9. The van der Waals surface area contributed by atoms with Crippen LogP contribution >= 0.6 is 23.5 Å². The van der Waals surface area contributed by atoms with Crippen molar-refractivity contribution in [1.29, 1.82) is 0 Å². The van der Waals surface area contributed by atoms with Crippen molar-refractivity contribution in [2.75, 3.05) is 39.5 Å². The van der Waals surface area contributed by atoms with Crippen LogP contribution in [-0.4, -0.2) is 154 Å². The highest BCUT2D eigenvalue weighted by Gasteiger charge is 2.34. The molecule has 260 valence electrons. The molecule has 0 aliphatic heterocycles. The molecule has 14 nitrogen and oxygen atoms in total. The average Bonchev–Trinajstić information content (AvgIpc) is 3.03. The van der Waals surface area contributed by atoms with E-state index in [1.54, 1.807) is 18.2 Å². The zero-order chi connectivity index (χ0) is 34.3. The molecule has 0 radical (unpaired) electrons. The topological polar surface area (TPSA) is 249 Å². The van der Waals surface area contributed by atoms with Crippen LogP contribution in [0.2, 0.25) is 0 Å². The number of hydrogen-bond acceptors (Lipinski definition) is 16. The molecule has 10 N–H and O–H groups in total. The number of nitrogens with zero attached hydrogens (tertiary/aromatic N) is 1. The van der Waals surface area contributed by atoms with Gasteiger partial charge in [0.1, 0.15) is 49.0 Å². The Morgan fingerprint density at radius 3 is 1.73 bits per heavy atom. The molecular weight excluding hydrogens is 634 g/mol. The highest BCUT2D eigenvalue weighted by Crippen LogP contribution is 2.28. The molecule has 0 heterocycles. The zero-order valence-corrected chi connectivity index (χ0v) is 27.4. The predicted octanol–water partition coefficient (Wildman–Crippen LogP) is -2.18. The number of aliphatic hydroxyl groups excluding tert-OH is 10. The van der Waals surface area contributed by atoms with Gasteiger partial charge in [0.25, 0.3) is 0 Å². The Morgan fingerprint density at radius 1 is 0.778 bits per heavy atom. The van der Waals surface area contributed by atoms with E-state index in [0.717, 1.165) is 22.9 Å². The molecule has 16 heteroatoms. The molecule has 0 aliphatic rings. The van der Waals surface area contributed by atoms with Gasteiger partial charge < -0.3 is 55.8 Å². The Balaban J connectivity index is 3.08. The smallest absolute Gasteiger partial charge is 0.192 e. The Hall–Kier alpha value is -1.38. The van der Waals surface area contributed by atoms with Gasteiger partial charge in [-0.05, 0) is 29.7 Å². The molecule has 1 rings (SSSR count). The minimum Gasteiger partial charge on any atom is -0.492 e. The number of carbonyl (C=O) groups excluding carboxylic acids is 2. The second-order valence-corrected chi connectivity index (χ2v) is 13.0. The van der Waals surface area contributed by atoms with E-state index in [0.29, 0.717) is 23.7 Å². The molecule has 1 aromatic carbocycles. The molecule has 0 spiro atoms. The second-order valence-electron chi connectivity index (χ2n) is 10.8. The van der Waals surface area contributed by atoms with Crippen LogP contribution in [0.1, 0.15) is 38.3 Å². The van der Waals surface area contributed by atoms with Crippen molar-refractivity contribution >= 4 is 33.8 Å². The molecule has 0 saturated heterocycles. The molecular formula is C29H49NO13S2. The summed E-state index contributed by atoms with van der Waals surface area (Å²) in [6, 6.07) is 5.21. The van der Waals surface area contributed by atoms with Crippen LogP contribution in [0.3, 0.4) is 0 Å². The fourth-order valence-electron chi connectivity index (χ4n) is 4.03. The number of ether oxygens (including phenoxy) is 1. The number of aliphatic hydroxyl groups is 10. The van der Waals surface area contributed by atoms with Crippen LogP contribution < -0.4 is 4.74 Å². The van der Waals surface area contributed by atoms with Gasteiger partial charge in [0.05, 0.1) is 25.4 Å². The van der Waals surface area contributed by atoms with Crippen LogP contribution in [0.4, 0.5) is 0 Å². The first kappa shape index (κ1) is 41.6. The molecule has 0 amide bonds. The molecule has 1 unspecified atom stereocenters. The van der Waals surface area contributed by atoms with Gasteiger partial charge >= 0.3 is 0 Å². The Morgan fingerprint density at radius 2 is 1.27 bits per heavy atom. The lowest BCUT2D eigenvalue weighted by Crippen LogP contribution is -2.53.